The summed E-state index contributed by atoms with van der Waals surface area (Å²) in [4.78, 5) is 17.4. The van der Waals surface area contributed by atoms with Gasteiger partial charge >= 0.3 is 0 Å². The number of benzene rings is 2. The summed E-state index contributed by atoms with van der Waals surface area (Å²) in [6, 6.07) is 13.8. The number of ether oxygens (including phenoxy) is 2. The number of rotatable bonds is 4. The Balaban J connectivity index is 1.71. The Kier molecular flexibility index (Phi) is 5.07. The van der Waals surface area contributed by atoms with E-state index in [0.29, 0.717) is 28.2 Å². The van der Waals surface area contributed by atoms with E-state index < -0.39 is 0 Å². The van der Waals surface area contributed by atoms with Gasteiger partial charge in [-0.05, 0) is 25.1 Å². The molecule has 1 N–H and O–H groups in total. The summed E-state index contributed by atoms with van der Waals surface area (Å²) < 4.78 is 14.0. The zero-order chi connectivity index (χ0) is 21.5. The first kappa shape index (κ1) is 19.9. The Bertz CT molecular complexity index is 1260. The zero-order valence-electron chi connectivity index (χ0n) is 17.2. The average molecular weight is 453 g/mol. The molecular formula is C22H20N4O3S2. The molecule has 5 rings (SSSR count). The number of aromatic nitrogens is 3. The highest BCUT2D eigenvalue weighted by atomic mass is 32.2. The molecule has 0 spiro atoms. The molecule has 31 heavy (non-hydrogen) atoms. The van der Waals surface area contributed by atoms with E-state index in [9.17, 15) is 4.79 Å². The molecule has 3 heterocycles. The molecule has 1 aliphatic rings. The Morgan fingerprint density at radius 3 is 2.74 bits per heavy atom. The zero-order valence-corrected chi connectivity index (χ0v) is 18.8. The molecule has 0 radical (unpaired) electrons. The highest BCUT2D eigenvalue weighted by molar-refractivity contribution is 8.00. The summed E-state index contributed by atoms with van der Waals surface area (Å²) in [6.45, 7) is 1.96. The molecule has 1 atom stereocenters. The molecule has 9 heteroatoms. The van der Waals surface area contributed by atoms with Crippen molar-refractivity contribution in [1.29, 1.82) is 0 Å². The molecule has 0 fully saturated rings. The van der Waals surface area contributed by atoms with Gasteiger partial charge < -0.3 is 14.8 Å². The van der Waals surface area contributed by atoms with E-state index in [1.807, 2.05) is 49.4 Å². The quantitative estimate of drug-likeness (QED) is 0.488. The summed E-state index contributed by atoms with van der Waals surface area (Å²) in [5.74, 6) is 2.22. The number of methoxy groups -OCH3 is 2. The smallest absolute Gasteiger partial charge is 0.235 e. The fraction of sp³-hybridized carbons (Fsp3) is 0.227. The number of para-hydroxylation sites is 2. The maximum Gasteiger partial charge on any atom is 0.235 e. The van der Waals surface area contributed by atoms with Crippen LogP contribution < -0.4 is 14.8 Å². The van der Waals surface area contributed by atoms with Crippen LogP contribution in [-0.2, 0) is 4.79 Å². The average Bonchev–Trinajstić information content (AvgIpc) is 3.29. The van der Waals surface area contributed by atoms with E-state index in [1.54, 1.807) is 42.0 Å². The van der Waals surface area contributed by atoms with Crippen molar-refractivity contribution < 1.29 is 14.3 Å². The topological polar surface area (TPSA) is 78.3 Å². The van der Waals surface area contributed by atoms with Gasteiger partial charge in [-0.1, -0.05) is 35.6 Å². The van der Waals surface area contributed by atoms with Crippen LogP contribution in [0.1, 0.15) is 22.1 Å². The molecule has 158 valence electrons. The number of amides is 1. The van der Waals surface area contributed by atoms with Crippen LogP contribution in [-0.4, -0.2) is 40.6 Å². The van der Waals surface area contributed by atoms with Gasteiger partial charge in [0, 0.05) is 11.1 Å². The van der Waals surface area contributed by atoms with Crippen LogP contribution in [0.25, 0.3) is 15.3 Å². The van der Waals surface area contributed by atoms with Crippen LogP contribution in [0.5, 0.6) is 11.5 Å². The minimum absolute atomic E-state index is 0.0714. The Hall–Kier alpha value is -3.04. The van der Waals surface area contributed by atoms with E-state index in [-0.39, 0.29) is 11.2 Å². The fourth-order valence-electron chi connectivity index (χ4n) is 3.84. The van der Waals surface area contributed by atoms with Crippen LogP contribution >= 0.6 is 23.1 Å². The van der Waals surface area contributed by atoms with Gasteiger partial charge in [-0.2, -0.15) is 9.78 Å². The number of hydrogen-bond acceptors (Lipinski definition) is 7. The van der Waals surface area contributed by atoms with E-state index >= 15 is 0 Å². The molecule has 0 unspecified atom stereocenters. The molecule has 7 nitrogen and oxygen atoms in total. The lowest BCUT2D eigenvalue weighted by molar-refractivity contribution is -0.113. The van der Waals surface area contributed by atoms with Crippen LogP contribution in [0, 0.1) is 6.92 Å². The number of aryl methyl sites for hydroxylation is 1. The molecule has 0 saturated heterocycles. The highest BCUT2D eigenvalue weighted by Crippen LogP contribution is 2.48. The van der Waals surface area contributed by atoms with Crippen molar-refractivity contribution in [3.63, 3.8) is 0 Å². The largest absolute Gasteiger partial charge is 0.493 e. The third kappa shape index (κ3) is 3.34. The molecule has 4 aromatic rings. The molecule has 1 amide bonds. The number of nitrogens with zero attached hydrogens (tertiary/aromatic N) is 3. The Morgan fingerprint density at radius 2 is 1.97 bits per heavy atom. The lowest BCUT2D eigenvalue weighted by Crippen LogP contribution is -2.15. The van der Waals surface area contributed by atoms with Gasteiger partial charge in [-0.15, -0.1) is 11.8 Å². The summed E-state index contributed by atoms with van der Waals surface area (Å²) in [7, 11) is 3.25. The minimum atomic E-state index is -0.151. The predicted molar refractivity (Wildman–Crippen MR) is 124 cm³/mol. The summed E-state index contributed by atoms with van der Waals surface area (Å²) >= 11 is 3.09. The van der Waals surface area contributed by atoms with E-state index in [4.69, 9.17) is 19.6 Å². The monoisotopic (exact) mass is 452 g/mol. The number of anilines is 1. The maximum absolute atomic E-state index is 12.6. The van der Waals surface area contributed by atoms with Crippen LogP contribution in [0.15, 0.2) is 42.5 Å². The van der Waals surface area contributed by atoms with E-state index in [0.717, 1.165) is 27.0 Å². The number of thiazole rings is 1. The van der Waals surface area contributed by atoms with Crippen LogP contribution in [0.2, 0.25) is 0 Å². The standard InChI is InChI=1S/C22H20N4O3S2/c1-12-18-20(13-7-6-9-15(28-2)19(13)29-3)30-11-17(27)24-21(18)26(25-12)22-23-14-8-4-5-10-16(14)31-22/h4-10,20H,11H2,1-3H3,(H,24,27)/t20-/m0/s1. The molecule has 0 bridgehead atoms. The number of nitrogens with one attached hydrogen (secondary N) is 1. The van der Waals surface area contributed by atoms with Crippen molar-refractivity contribution >= 4 is 45.0 Å². The molecule has 2 aromatic heterocycles. The van der Waals surface area contributed by atoms with Gasteiger partial charge in [0.2, 0.25) is 11.0 Å². The van der Waals surface area contributed by atoms with Gasteiger partial charge in [-0.3, -0.25) is 4.79 Å². The summed E-state index contributed by atoms with van der Waals surface area (Å²) in [5, 5.41) is 8.39. The van der Waals surface area contributed by atoms with Gasteiger partial charge in [0.25, 0.3) is 0 Å². The van der Waals surface area contributed by atoms with Crippen molar-refractivity contribution in [2.24, 2.45) is 0 Å². The number of carbonyl (C=O) groups is 1. The Labute approximate surface area is 187 Å². The van der Waals surface area contributed by atoms with E-state index in [1.165, 1.54) is 0 Å². The lowest BCUT2D eigenvalue weighted by Gasteiger charge is -2.20. The van der Waals surface area contributed by atoms with Crippen molar-refractivity contribution in [3.8, 4) is 16.6 Å². The lowest BCUT2D eigenvalue weighted by atomic mass is 10.0. The number of fused-ring (bicyclic) bond motifs is 2. The van der Waals surface area contributed by atoms with Crippen molar-refractivity contribution in [1.82, 2.24) is 14.8 Å². The molecule has 1 aliphatic heterocycles. The van der Waals surface area contributed by atoms with Gasteiger partial charge in [-0.25, -0.2) is 4.98 Å². The summed E-state index contributed by atoms with van der Waals surface area (Å²) in [5.41, 5.74) is 3.63. The molecule has 0 saturated carbocycles. The van der Waals surface area contributed by atoms with Crippen LogP contribution in [0.3, 0.4) is 0 Å². The second-order valence-corrected chi connectivity index (χ2v) is 9.15. The van der Waals surface area contributed by atoms with Gasteiger partial charge in [0.1, 0.15) is 5.82 Å². The Morgan fingerprint density at radius 1 is 1.13 bits per heavy atom. The summed E-state index contributed by atoms with van der Waals surface area (Å²) in [6.07, 6.45) is 0. The first-order chi connectivity index (χ1) is 15.1. The van der Waals surface area contributed by atoms with Crippen molar-refractivity contribution in [3.05, 3.63) is 59.3 Å². The second-order valence-electron chi connectivity index (χ2n) is 7.05. The van der Waals surface area contributed by atoms with Gasteiger partial charge in [0.15, 0.2) is 11.5 Å². The van der Waals surface area contributed by atoms with Crippen LogP contribution in [0.4, 0.5) is 5.82 Å². The number of thioether (sulfide) groups is 1. The van der Waals surface area contributed by atoms with Crippen molar-refractivity contribution in [2.75, 3.05) is 25.3 Å². The van der Waals surface area contributed by atoms with Gasteiger partial charge in [0.05, 0.1) is 41.1 Å². The minimum Gasteiger partial charge on any atom is -0.493 e. The highest BCUT2D eigenvalue weighted by Gasteiger charge is 2.33. The molecular weight excluding hydrogens is 432 g/mol. The second kappa shape index (κ2) is 7.90. The maximum atomic E-state index is 12.6. The predicted octanol–water partition coefficient (Wildman–Crippen LogP) is 4.58. The third-order valence-corrected chi connectivity index (χ3v) is 7.45. The normalized spacial score (nSPS) is 16.0. The fourth-order valence-corrected chi connectivity index (χ4v) is 5.97. The molecule has 0 aliphatic carbocycles. The van der Waals surface area contributed by atoms with E-state index in [2.05, 4.69) is 5.32 Å². The SMILES string of the molecule is COc1cccc([C@@H]2SCC(=O)Nc3c2c(C)nn3-c2nc3ccccc3s2)c1OC. The first-order valence-corrected chi connectivity index (χ1v) is 11.5. The molecule has 2 aromatic carbocycles. The number of carbonyl (C=O) groups excluding carboxylic acids is 1. The van der Waals surface area contributed by atoms with Crippen molar-refractivity contribution in [2.45, 2.75) is 12.2 Å². The third-order valence-electron chi connectivity index (χ3n) is 5.19. The first-order valence-electron chi connectivity index (χ1n) is 9.68. The number of hydrogen-bond donors (Lipinski definition) is 1.